The van der Waals surface area contributed by atoms with Crippen molar-refractivity contribution in [2.75, 3.05) is 26.2 Å². The van der Waals surface area contributed by atoms with Crippen molar-refractivity contribution in [1.29, 1.82) is 0 Å². The summed E-state index contributed by atoms with van der Waals surface area (Å²) in [5, 5.41) is 9.02. The van der Waals surface area contributed by atoms with E-state index in [2.05, 4.69) is 9.80 Å². The number of aromatic carboxylic acids is 1. The summed E-state index contributed by atoms with van der Waals surface area (Å²) in [7, 11) is 0. The smallest absolute Gasteiger partial charge is 0.335 e. The predicted octanol–water partition coefficient (Wildman–Crippen LogP) is 2.19. The third-order valence-corrected chi connectivity index (χ3v) is 4.61. The number of rotatable bonds is 3. The van der Waals surface area contributed by atoms with Crippen LogP contribution in [-0.4, -0.2) is 53.1 Å². The number of nitrogens with zero attached hydrogens (tertiary/aromatic N) is 2. The van der Waals surface area contributed by atoms with E-state index in [4.69, 9.17) is 5.11 Å². The minimum absolute atomic E-state index is 0.155. The van der Waals surface area contributed by atoms with Crippen LogP contribution in [0.1, 0.15) is 35.2 Å². The highest BCUT2D eigenvalue weighted by Crippen LogP contribution is 2.23. The van der Waals surface area contributed by atoms with Crippen molar-refractivity contribution in [2.24, 2.45) is 0 Å². The van der Waals surface area contributed by atoms with Crippen LogP contribution in [0.4, 0.5) is 4.39 Å². The van der Waals surface area contributed by atoms with Crippen LogP contribution in [0.25, 0.3) is 0 Å². The zero-order chi connectivity index (χ0) is 14.8. The molecule has 1 atom stereocenters. The first-order valence-electron chi connectivity index (χ1n) is 7.61. The summed E-state index contributed by atoms with van der Waals surface area (Å²) >= 11 is 0. The number of fused-ring (bicyclic) bond motifs is 1. The van der Waals surface area contributed by atoms with Crippen molar-refractivity contribution in [3.05, 3.63) is 35.1 Å². The molecule has 5 heteroatoms. The van der Waals surface area contributed by atoms with Gasteiger partial charge in [0.25, 0.3) is 0 Å². The second-order valence-electron chi connectivity index (χ2n) is 6.03. The minimum Gasteiger partial charge on any atom is -0.478 e. The highest BCUT2D eigenvalue weighted by atomic mass is 19.1. The van der Waals surface area contributed by atoms with Gasteiger partial charge in [0.2, 0.25) is 0 Å². The van der Waals surface area contributed by atoms with Crippen molar-refractivity contribution in [2.45, 2.75) is 31.8 Å². The molecule has 114 valence electrons. The quantitative estimate of drug-likeness (QED) is 0.927. The topological polar surface area (TPSA) is 43.8 Å². The SMILES string of the molecule is O=C(O)c1ccc(F)c(CN2CCN3CCCCC3C2)c1. The Labute approximate surface area is 124 Å². The zero-order valence-corrected chi connectivity index (χ0v) is 12.1. The highest BCUT2D eigenvalue weighted by molar-refractivity contribution is 5.87. The molecule has 21 heavy (non-hydrogen) atoms. The van der Waals surface area contributed by atoms with E-state index in [0.717, 1.165) is 19.6 Å². The number of carboxylic acid groups (broad SMARTS) is 1. The standard InChI is InChI=1S/C16H21FN2O2/c17-15-5-4-12(16(20)21)9-13(15)10-18-7-8-19-6-2-1-3-14(19)11-18/h4-5,9,14H,1-3,6-8,10-11H2,(H,20,21). The monoisotopic (exact) mass is 292 g/mol. The maximum Gasteiger partial charge on any atom is 0.335 e. The van der Waals surface area contributed by atoms with Crippen molar-refractivity contribution in [3.8, 4) is 0 Å². The highest BCUT2D eigenvalue weighted by Gasteiger charge is 2.29. The van der Waals surface area contributed by atoms with Crippen LogP contribution in [0.2, 0.25) is 0 Å². The minimum atomic E-state index is -1.01. The Morgan fingerprint density at radius 1 is 1.29 bits per heavy atom. The van der Waals surface area contributed by atoms with E-state index < -0.39 is 5.97 Å². The predicted molar refractivity (Wildman–Crippen MR) is 77.8 cm³/mol. The number of piperazine rings is 1. The number of benzene rings is 1. The Balaban J connectivity index is 1.69. The molecule has 1 aromatic carbocycles. The van der Waals surface area contributed by atoms with E-state index in [1.165, 1.54) is 44.0 Å². The number of hydrogen-bond donors (Lipinski definition) is 1. The van der Waals surface area contributed by atoms with E-state index in [1.54, 1.807) is 0 Å². The first kappa shape index (κ1) is 14.5. The lowest BCUT2D eigenvalue weighted by Crippen LogP contribution is -2.54. The Kier molecular flexibility index (Phi) is 4.22. The summed E-state index contributed by atoms with van der Waals surface area (Å²) in [4.78, 5) is 15.8. The van der Waals surface area contributed by atoms with Gasteiger partial charge in [-0.1, -0.05) is 6.42 Å². The summed E-state index contributed by atoms with van der Waals surface area (Å²) < 4.78 is 13.9. The zero-order valence-electron chi connectivity index (χ0n) is 12.1. The molecule has 1 unspecified atom stereocenters. The molecule has 0 spiro atoms. The van der Waals surface area contributed by atoms with Gasteiger partial charge in [-0.25, -0.2) is 9.18 Å². The van der Waals surface area contributed by atoms with Crippen LogP contribution in [0.5, 0.6) is 0 Å². The van der Waals surface area contributed by atoms with Gasteiger partial charge in [0.15, 0.2) is 0 Å². The molecule has 2 heterocycles. The second-order valence-corrected chi connectivity index (χ2v) is 6.03. The third kappa shape index (κ3) is 3.24. The van der Waals surface area contributed by atoms with Gasteiger partial charge in [-0.2, -0.15) is 0 Å². The molecule has 2 aliphatic heterocycles. The average Bonchev–Trinajstić information content (AvgIpc) is 2.49. The number of hydrogen-bond acceptors (Lipinski definition) is 3. The molecule has 0 bridgehead atoms. The van der Waals surface area contributed by atoms with E-state index >= 15 is 0 Å². The number of halogens is 1. The summed E-state index contributed by atoms with van der Waals surface area (Å²) in [5.74, 6) is -1.32. The first-order chi connectivity index (χ1) is 10.1. The van der Waals surface area contributed by atoms with Crippen LogP contribution >= 0.6 is 0 Å². The van der Waals surface area contributed by atoms with Crippen molar-refractivity contribution >= 4 is 5.97 Å². The van der Waals surface area contributed by atoms with Crippen molar-refractivity contribution in [1.82, 2.24) is 9.80 Å². The van der Waals surface area contributed by atoms with Gasteiger partial charge >= 0.3 is 5.97 Å². The lowest BCUT2D eigenvalue weighted by Gasteiger charge is -2.44. The molecule has 0 amide bonds. The van der Waals surface area contributed by atoms with Crippen LogP contribution in [0, 0.1) is 5.82 Å². The number of carbonyl (C=O) groups is 1. The molecule has 1 N–H and O–H groups in total. The van der Waals surface area contributed by atoms with Crippen molar-refractivity contribution in [3.63, 3.8) is 0 Å². The van der Waals surface area contributed by atoms with Gasteiger partial charge in [0.05, 0.1) is 5.56 Å². The molecule has 0 aromatic heterocycles. The second kappa shape index (κ2) is 6.12. The summed E-state index contributed by atoms with van der Waals surface area (Å²) in [6, 6.07) is 4.62. The van der Waals surface area contributed by atoms with Gasteiger partial charge < -0.3 is 5.11 Å². The van der Waals surface area contributed by atoms with Crippen molar-refractivity contribution < 1.29 is 14.3 Å². The van der Waals surface area contributed by atoms with E-state index in [0.29, 0.717) is 18.2 Å². The lowest BCUT2D eigenvalue weighted by molar-refractivity contribution is 0.0451. The van der Waals surface area contributed by atoms with Gasteiger partial charge in [-0.05, 0) is 37.6 Å². The number of piperidine rings is 1. The first-order valence-corrected chi connectivity index (χ1v) is 7.61. The molecule has 0 aliphatic carbocycles. The molecule has 1 aromatic rings. The van der Waals surface area contributed by atoms with Crippen LogP contribution in [-0.2, 0) is 6.54 Å². The molecule has 2 saturated heterocycles. The molecular weight excluding hydrogens is 271 g/mol. The lowest BCUT2D eigenvalue weighted by atomic mass is 9.99. The molecular formula is C16H21FN2O2. The van der Waals surface area contributed by atoms with Crippen LogP contribution in [0.15, 0.2) is 18.2 Å². The fourth-order valence-corrected chi connectivity index (χ4v) is 3.43. The largest absolute Gasteiger partial charge is 0.478 e. The summed E-state index contributed by atoms with van der Waals surface area (Å²) in [6.45, 7) is 4.59. The normalized spacial score (nSPS) is 23.8. The Morgan fingerprint density at radius 2 is 2.14 bits per heavy atom. The maximum absolute atomic E-state index is 13.9. The molecule has 4 nitrogen and oxygen atoms in total. The molecule has 0 saturated carbocycles. The summed E-state index contributed by atoms with van der Waals surface area (Å²) in [5.41, 5.74) is 0.641. The third-order valence-electron chi connectivity index (χ3n) is 4.61. The summed E-state index contributed by atoms with van der Waals surface area (Å²) in [6.07, 6.45) is 3.78. The van der Waals surface area contributed by atoms with Crippen LogP contribution < -0.4 is 0 Å². The molecule has 2 aliphatic rings. The van der Waals surface area contributed by atoms with E-state index in [9.17, 15) is 9.18 Å². The molecule has 3 rings (SSSR count). The number of carboxylic acids is 1. The van der Waals surface area contributed by atoms with Gasteiger partial charge in [0, 0.05) is 37.8 Å². The van der Waals surface area contributed by atoms with Gasteiger partial charge in [-0.15, -0.1) is 0 Å². The van der Waals surface area contributed by atoms with E-state index in [1.807, 2.05) is 0 Å². The maximum atomic E-state index is 13.9. The Bertz CT molecular complexity index is 535. The van der Waals surface area contributed by atoms with Gasteiger partial charge in [0.1, 0.15) is 5.82 Å². The molecule has 2 fully saturated rings. The average molecular weight is 292 g/mol. The van der Waals surface area contributed by atoms with Crippen LogP contribution in [0.3, 0.4) is 0 Å². The van der Waals surface area contributed by atoms with Gasteiger partial charge in [-0.3, -0.25) is 9.80 Å². The van der Waals surface area contributed by atoms with E-state index in [-0.39, 0.29) is 11.4 Å². The fraction of sp³-hybridized carbons (Fsp3) is 0.562. The Morgan fingerprint density at radius 3 is 2.95 bits per heavy atom. The fourth-order valence-electron chi connectivity index (χ4n) is 3.43. The Hall–Kier alpha value is -1.46. The molecule has 0 radical (unpaired) electrons.